The summed E-state index contributed by atoms with van der Waals surface area (Å²) in [6, 6.07) is 0. The van der Waals surface area contributed by atoms with Crippen molar-refractivity contribution in [2.24, 2.45) is 10.8 Å². The molecule has 0 saturated heterocycles. The van der Waals surface area contributed by atoms with Gasteiger partial charge in [0.25, 0.3) is 0 Å². The first kappa shape index (κ1) is 18.9. The van der Waals surface area contributed by atoms with E-state index in [1.165, 1.54) is 11.1 Å². The Morgan fingerprint density at radius 1 is 1.00 bits per heavy atom. The SMILES string of the molecule is C=C/C(=C\C=C(/C)C=C)CC(C)(C)CC(C)(C)COC. The van der Waals surface area contributed by atoms with Gasteiger partial charge >= 0.3 is 0 Å². The highest BCUT2D eigenvalue weighted by Crippen LogP contribution is 2.38. The van der Waals surface area contributed by atoms with Gasteiger partial charge < -0.3 is 4.74 Å². The minimum absolute atomic E-state index is 0.192. The molecule has 0 saturated carbocycles. The van der Waals surface area contributed by atoms with Crippen LogP contribution in [0.4, 0.5) is 0 Å². The van der Waals surface area contributed by atoms with E-state index in [9.17, 15) is 0 Å². The van der Waals surface area contributed by atoms with Crippen molar-refractivity contribution in [3.63, 3.8) is 0 Å². The maximum atomic E-state index is 5.32. The van der Waals surface area contributed by atoms with Crippen LogP contribution in [0.1, 0.15) is 47.5 Å². The summed E-state index contributed by atoms with van der Waals surface area (Å²) in [6.45, 7) is 19.7. The first-order chi connectivity index (χ1) is 9.15. The summed E-state index contributed by atoms with van der Waals surface area (Å²) >= 11 is 0. The van der Waals surface area contributed by atoms with E-state index in [0.29, 0.717) is 0 Å². The summed E-state index contributed by atoms with van der Waals surface area (Å²) in [4.78, 5) is 0. The van der Waals surface area contributed by atoms with Gasteiger partial charge in [-0.15, -0.1) is 0 Å². The van der Waals surface area contributed by atoms with Gasteiger partial charge in [-0.05, 0) is 36.2 Å². The number of allylic oxidation sites excluding steroid dienone is 6. The Kier molecular flexibility index (Phi) is 7.82. The molecule has 0 aromatic rings. The molecular weight excluding hydrogens is 244 g/mol. The Bertz CT molecular complexity index is 381. The third kappa shape index (κ3) is 8.16. The highest BCUT2D eigenvalue weighted by Gasteiger charge is 2.29. The fourth-order valence-electron chi connectivity index (χ4n) is 2.86. The molecule has 0 rings (SSSR count). The molecule has 0 bridgehead atoms. The normalized spacial score (nSPS) is 14.3. The fraction of sp³-hybridized carbons (Fsp3) is 0.579. The fourth-order valence-corrected chi connectivity index (χ4v) is 2.86. The molecule has 0 radical (unpaired) electrons. The Labute approximate surface area is 126 Å². The van der Waals surface area contributed by atoms with Crippen LogP contribution in [0.25, 0.3) is 0 Å². The maximum absolute atomic E-state index is 5.32. The maximum Gasteiger partial charge on any atom is 0.0513 e. The van der Waals surface area contributed by atoms with Crippen molar-refractivity contribution in [3.8, 4) is 0 Å². The van der Waals surface area contributed by atoms with E-state index in [1.54, 1.807) is 7.11 Å². The molecule has 0 aromatic carbocycles. The minimum Gasteiger partial charge on any atom is -0.384 e. The first-order valence-electron chi connectivity index (χ1n) is 7.27. The minimum atomic E-state index is 0.192. The van der Waals surface area contributed by atoms with Gasteiger partial charge in [-0.3, -0.25) is 0 Å². The molecule has 0 aromatic heterocycles. The van der Waals surface area contributed by atoms with Crippen LogP contribution in [0.2, 0.25) is 0 Å². The van der Waals surface area contributed by atoms with Crippen LogP contribution in [0.3, 0.4) is 0 Å². The second-order valence-corrected chi connectivity index (χ2v) is 7.18. The molecule has 0 aliphatic rings. The van der Waals surface area contributed by atoms with Gasteiger partial charge in [0.1, 0.15) is 0 Å². The molecule has 0 aliphatic heterocycles. The zero-order valence-corrected chi connectivity index (χ0v) is 14.3. The van der Waals surface area contributed by atoms with Crippen molar-refractivity contribution in [2.45, 2.75) is 47.5 Å². The molecule has 0 amide bonds. The predicted molar refractivity (Wildman–Crippen MR) is 90.9 cm³/mol. The van der Waals surface area contributed by atoms with E-state index in [0.717, 1.165) is 19.4 Å². The molecule has 0 aliphatic carbocycles. The first-order valence-corrected chi connectivity index (χ1v) is 7.27. The number of methoxy groups -OCH3 is 1. The van der Waals surface area contributed by atoms with Crippen LogP contribution < -0.4 is 0 Å². The van der Waals surface area contributed by atoms with Crippen LogP contribution in [0, 0.1) is 10.8 Å². The summed E-state index contributed by atoms with van der Waals surface area (Å²) in [5.74, 6) is 0. The van der Waals surface area contributed by atoms with Gasteiger partial charge in [-0.1, -0.05) is 70.7 Å². The zero-order chi connectivity index (χ0) is 15.8. The zero-order valence-electron chi connectivity index (χ0n) is 14.3. The van der Waals surface area contributed by atoms with Gasteiger partial charge in [-0.2, -0.15) is 0 Å². The Balaban J connectivity index is 4.87. The smallest absolute Gasteiger partial charge is 0.0513 e. The van der Waals surface area contributed by atoms with Crippen LogP contribution in [0.5, 0.6) is 0 Å². The highest BCUT2D eigenvalue weighted by molar-refractivity contribution is 5.28. The third-order valence-electron chi connectivity index (χ3n) is 3.32. The van der Waals surface area contributed by atoms with E-state index in [-0.39, 0.29) is 10.8 Å². The quantitative estimate of drug-likeness (QED) is 0.490. The standard InChI is InChI=1S/C19H32O/c1-9-16(3)11-12-17(10-2)13-18(4,5)14-19(6,7)15-20-8/h9-12H,1-2,13-15H2,3-8H3/b16-11+,17-12+. The van der Waals surface area contributed by atoms with Crippen LogP contribution in [-0.2, 0) is 4.74 Å². The average Bonchev–Trinajstić information content (AvgIpc) is 2.32. The van der Waals surface area contributed by atoms with E-state index < -0.39 is 0 Å². The third-order valence-corrected chi connectivity index (χ3v) is 3.32. The van der Waals surface area contributed by atoms with Crippen molar-refractivity contribution >= 4 is 0 Å². The molecule has 0 fully saturated rings. The van der Waals surface area contributed by atoms with E-state index in [4.69, 9.17) is 4.74 Å². The lowest BCUT2D eigenvalue weighted by Gasteiger charge is -2.35. The molecule has 1 heteroatoms. The molecule has 1 nitrogen and oxygen atoms in total. The van der Waals surface area contributed by atoms with E-state index in [1.807, 2.05) is 12.2 Å². The molecule has 0 atom stereocenters. The summed E-state index contributed by atoms with van der Waals surface area (Å²) in [5, 5.41) is 0. The highest BCUT2D eigenvalue weighted by atomic mass is 16.5. The van der Waals surface area contributed by atoms with Gasteiger partial charge in [-0.25, -0.2) is 0 Å². The average molecular weight is 276 g/mol. The molecule has 0 N–H and O–H groups in total. The number of hydrogen-bond donors (Lipinski definition) is 0. The number of rotatable bonds is 9. The van der Waals surface area contributed by atoms with Crippen molar-refractivity contribution in [1.29, 1.82) is 0 Å². The molecule has 0 heterocycles. The lowest BCUT2D eigenvalue weighted by molar-refractivity contribution is 0.0679. The summed E-state index contributed by atoms with van der Waals surface area (Å²) in [7, 11) is 1.77. The lowest BCUT2D eigenvalue weighted by Crippen LogP contribution is -2.27. The van der Waals surface area contributed by atoms with Gasteiger partial charge in [0.15, 0.2) is 0 Å². The molecule has 20 heavy (non-hydrogen) atoms. The molecule has 0 spiro atoms. The van der Waals surface area contributed by atoms with Crippen molar-refractivity contribution < 1.29 is 4.74 Å². The molecule has 114 valence electrons. The Morgan fingerprint density at radius 2 is 1.60 bits per heavy atom. The van der Waals surface area contributed by atoms with Crippen LogP contribution in [0.15, 0.2) is 48.6 Å². The second-order valence-electron chi connectivity index (χ2n) is 7.18. The van der Waals surface area contributed by atoms with Gasteiger partial charge in [0, 0.05) is 7.11 Å². The van der Waals surface area contributed by atoms with Gasteiger partial charge in [0.2, 0.25) is 0 Å². The van der Waals surface area contributed by atoms with Crippen molar-refractivity contribution in [1.82, 2.24) is 0 Å². The van der Waals surface area contributed by atoms with Crippen LogP contribution in [-0.4, -0.2) is 13.7 Å². The summed E-state index contributed by atoms with van der Waals surface area (Å²) in [6.07, 6.45) is 10.2. The molecular formula is C19H32O. The number of ether oxygens (including phenoxy) is 1. The summed E-state index contributed by atoms with van der Waals surface area (Å²) in [5.41, 5.74) is 2.85. The van der Waals surface area contributed by atoms with Crippen LogP contribution >= 0.6 is 0 Å². The molecule has 0 unspecified atom stereocenters. The predicted octanol–water partition coefficient (Wildman–Crippen LogP) is 5.71. The van der Waals surface area contributed by atoms with E-state index in [2.05, 4.69) is 59.9 Å². The monoisotopic (exact) mass is 276 g/mol. The Morgan fingerprint density at radius 3 is 2.05 bits per heavy atom. The lowest BCUT2D eigenvalue weighted by atomic mass is 9.72. The largest absolute Gasteiger partial charge is 0.384 e. The van der Waals surface area contributed by atoms with Crippen molar-refractivity contribution in [2.75, 3.05) is 13.7 Å². The summed E-state index contributed by atoms with van der Waals surface area (Å²) < 4.78 is 5.32. The Hall–Kier alpha value is -1.08. The van der Waals surface area contributed by atoms with Gasteiger partial charge in [0.05, 0.1) is 6.61 Å². The van der Waals surface area contributed by atoms with E-state index >= 15 is 0 Å². The topological polar surface area (TPSA) is 9.23 Å². The second kappa shape index (κ2) is 8.26. The van der Waals surface area contributed by atoms with Crippen molar-refractivity contribution in [3.05, 3.63) is 48.6 Å². The number of hydrogen-bond acceptors (Lipinski definition) is 1.